The molecule has 348 valence electrons. The van der Waals surface area contributed by atoms with Gasteiger partial charge in [0.25, 0.3) is 6.71 Å². The second kappa shape index (κ2) is 14.7. The first kappa shape index (κ1) is 44.0. The van der Waals surface area contributed by atoms with Crippen molar-refractivity contribution in [3.63, 3.8) is 0 Å². The van der Waals surface area contributed by atoms with Crippen molar-refractivity contribution in [3.8, 4) is 0 Å². The van der Waals surface area contributed by atoms with E-state index in [0.29, 0.717) is 0 Å². The van der Waals surface area contributed by atoms with Gasteiger partial charge in [-0.1, -0.05) is 143 Å². The molecule has 1 saturated carbocycles. The number of para-hydroxylation sites is 1. The summed E-state index contributed by atoms with van der Waals surface area (Å²) in [5, 5.41) is 2.29. The number of furan rings is 1. The van der Waals surface area contributed by atoms with Crippen LogP contribution >= 0.6 is 0 Å². The van der Waals surface area contributed by atoms with Gasteiger partial charge < -0.3 is 19.1 Å². The number of fused-ring (bicyclic) bond motifs is 10. The lowest BCUT2D eigenvalue weighted by molar-refractivity contribution is 0.194. The highest BCUT2D eigenvalue weighted by Crippen LogP contribution is 2.63. The van der Waals surface area contributed by atoms with Crippen LogP contribution in [-0.4, -0.2) is 12.3 Å². The summed E-state index contributed by atoms with van der Waals surface area (Å²) in [6.07, 6.45) is 4.78. The fraction of sp³-hybridized carbons (Fsp3) is 0.344. The Bertz CT molecular complexity index is 3430. The summed E-state index contributed by atoms with van der Waals surface area (Å²) >= 11 is 0. The van der Waals surface area contributed by atoms with Crippen LogP contribution < -0.4 is 31.1 Å². The van der Waals surface area contributed by atoms with E-state index >= 15 is 0 Å². The van der Waals surface area contributed by atoms with Gasteiger partial charge in [0.15, 0.2) is 0 Å². The van der Waals surface area contributed by atoms with E-state index < -0.39 is 0 Å². The maximum absolute atomic E-state index is 6.71. The van der Waals surface area contributed by atoms with E-state index in [1.807, 2.05) is 0 Å². The maximum Gasteiger partial charge on any atom is 0.252 e. The molecule has 2 atom stereocenters. The molecule has 5 heteroatoms. The highest BCUT2D eigenvalue weighted by Gasteiger charge is 2.59. The van der Waals surface area contributed by atoms with Gasteiger partial charge in [-0.2, -0.15) is 0 Å². The van der Waals surface area contributed by atoms with Crippen LogP contribution in [0.3, 0.4) is 0 Å². The lowest BCUT2D eigenvalue weighted by Gasteiger charge is -2.51. The molecule has 69 heavy (non-hydrogen) atoms. The maximum atomic E-state index is 6.71. The van der Waals surface area contributed by atoms with Gasteiger partial charge in [-0.3, -0.25) is 0 Å². The Morgan fingerprint density at radius 2 is 1.04 bits per heavy atom. The summed E-state index contributed by atoms with van der Waals surface area (Å²) in [6, 6.07) is 49.7. The molecule has 2 unspecified atom stereocenters. The predicted octanol–water partition coefficient (Wildman–Crippen LogP) is 15.9. The highest BCUT2D eigenvalue weighted by molar-refractivity contribution is 7.00. The van der Waals surface area contributed by atoms with E-state index in [1.165, 1.54) is 109 Å². The van der Waals surface area contributed by atoms with Crippen molar-refractivity contribution in [2.75, 3.05) is 14.7 Å². The van der Waals surface area contributed by atoms with Crippen LogP contribution in [0, 0.1) is 13.8 Å². The molecule has 0 bridgehead atoms. The SMILES string of the molecule is Cc1cc(C)c2c(c1)N(c1cc3c4c(c1)N(c1ccc5c(c1)oc1ccccc15)c1ccc(C(C)(C)C)cc1B4c1cc(C(C)(C)C)ccc1N3c1ccc(C(C)(C)C)cc1)C1(C)CCCCC21C. The number of hydrogen-bond acceptors (Lipinski definition) is 4. The van der Waals surface area contributed by atoms with Crippen LogP contribution in [-0.2, 0) is 21.7 Å². The van der Waals surface area contributed by atoms with E-state index in [2.05, 4.69) is 232 Å². The number of hydrogen-bond donors (Lipinski definition) is 0. The Kier molecular flexibility index (Phi) is 9.36. The van der Waals surface area contributed by atoms with Crippen LogP contribution in [0.25, 0.3) is 21.9 Å². The Morgan fingerprint density at radius 1 is 0.493 bits per heavy atom. The standard InChI is InChI=1S/C64H68BN3O/c1-39-32-40(2)58-53(33-39)68(64(13)31-17-16-30-63(58,64)12)46-36-54-59-55(37-46)67(45-26-27-48-47-18-14-15-19-56(47)69-57(48)38-45)52-29-23-43(62(9,10)11)35-50(52)65(59)49-34-42(61(6,7)8)22-28-51(49)66(54)44-24-20-41(21-25-44)60(3,4)5/h14-15,18-29,32-38H,16-17,30-31H2,1-13H3. The molecular formula is C64H68BN3O. The Balaban J connectivity index is 1.22. The topological polar surface area (TPSA) is 22.9 Å². The van der Waals surface area contributed by atoms with Crippen LogP contribution in [0.2, 0.25) is 0 Å². The Morgan fingerprint density at radius 3 is 1.67 bits per heavy atom. The molecular weight excluding hydrogens is 838 g/mol. The molecule has 1 fully saturated rings. The van der Waals surface area contributed by atoms with Gasteiger partial charge >= 0.3 is 0 Å². The number of anilines is 8. The third-order valence-corrected chi connectivity index (χ3v) is 17.2. The number of aryl methyl sites for hydroxylation is 2. The highest BCUT2D eigenvalue weighted by atomic mass is 16.3. The van der Waals surface area contributed by atoms with E-state index in [1.54, 1.807) is 0 Å². The van der Waals surface area contributed by atoms with Crippen molar-refractivity contribution in [3.05, 3.63) is 161 Å². The van der Waals surface area contributed by atoms with Crippen LogP contribution in [0.1, 0.15) is 135 Å². The zero-order valence-electron chi connectivity index (χ0n) is 43.3. The Hall–Kier alpha value is -6.20. The first-order chi connectivity index (χ1) is 32.7. The summed E-state index contributed by atoms with van der Waals surface area (Å²) in [7, 11) is 0. The van der Waals surface area contributed by atoms with Gasteiger partial charge in [-0.05, 0) is 160 Å². The van der Waals surface area contributed by atoms with Crippen molar-refractivity contribution in [1.82, 2.24) is 0 Å². The van der Waals surface area contributed by atoms with Crippen molar-refractivity contribution in [2.24, 2.45) is 0 Å². The van der Waals surface area contributed by atoms with Gasteiger partial charge in [0.2, 0.25) is 0 Å². The van der Waals surface area contributed by atoms with Crippen molar-refractivity contribution < 1.29 is 4.42 Å². The van der Waals surface area contributed by atoms with E-state index in [0.717, 1.165) is 34.0 Å². The van der Waals surface area contributed by atoms with Gasteiger partial charge in [-0.15, -0.1) is 0 Å². The van der Waals surface area contributed by atoms with Crippen LogP contribution in [0.4, 0.5) is 45.5 Å². The molecule has 0 saturated heterocycles. The fourth-order valence-corrected chi connectivity index (χ4v) is 13.3. The first-order valence-corrected chi connectivity index (χ1v) is 25.7. The monoisotopic (exact) mass is 906 g/mol. The lowest BCUT2D eigenvalue weighted by atomic mass is 9.33. The number of benzene rings is 7. The van der Waals surface area contributed by atoms with Crippen molar-refractivity contribution in [1.29, 1.82) is 0 Å². The van der Waals surface area contributed by atoms with Crippen LogP contribution in [0.5, 0.6) is 0 Å². The van der Waals surface area contributed by atoms with Crippen LogP contribution in [0.15, 0.2) is 132 Å². The average molecular weight is 906 g/mol. The molecule has 8 aromatic rings. The lowest BCUT2D eigenvalue weighted by Crippen LogP contribution is -2.62. The molecule has 12 rings (SSSR count). The average Bonchev–Trinajstić information content (AvgIpc) is 3.76. The van der Waals surface area contributed by atoms with Crippen molar-refractivity contribution >= 4 is 90.5 Å². The van der Waals surface area contributed by atoms with Gasteiger partial charge in [0.05, 0.1) is 5.54 Å². The van der Waals surface area contributed by atoms with E-state index in [-0.39, 0.29) is 33.9 Å². The zero-order chi connectivity index (χ0) is 48.3. The number of nitrogens with zero attached hydrogens (tertiary/aromatic N) is 3. The quantitative estimate of drug-likeness (QED) is 0.165. The minimum absolute atomic E-state index is 0.00552. The van der Waals surface area contributed by atoms with Gasteiger partial charge in [0.1, 0.15) is 11.2 Å². The predicted molar refractivity (Wildman–Crippen MR) is 296 cm³/mol. The smallest absolute Gasteiger partial charge is 0.252 e. The minimum atomic E-state index is -0.133. The van der Waals surface area contributed by atoms with E-state index in [4.69, 9.17) is 4.42 Å². The molecule has 0 N–H and O–H groups in total. The second-order valence-electron chi connectivity index (χ2n) is 24.7. The molecule has 4 nitrogen and oxygen atoms in total. The molecule has 3 aliphatic heterocycles. The fourth-order valence-electron chi connectivity index (χ4n) is 13.3. The number of rotatable bonds is 3. The molecule has 0 spiro atoms. The summed E-state index contributed by atoms with van der Waals surface area (Å²) < 4.78 is 6.71. The molecule has 1 aromatic heterocycles. The third kappa shape index (κ3) is 6.40. The normalized spacial score (nSPS) is 19.7. The van der Waals surface area contributed by atoms with Gasteiger partial charge in [0, 0.05) is 67.8 Å². The molecule has 4 heterocycles. The third-order valence-electron chi connectivity index (χ3n) is 17.2. The van der Waals surface area contributed by atoms with Gasteiger partial charge in [-0.25, -0.2) is 0 Å². The first-order valence-electron chi connectivity index (χ1n) is 25.7. The second-order valence-corrected chi connectivity index (χ2v) is 24.7. The van der Waals surface area contributed by atoms with E-state index in [9.17, 15) is 0 Å². The largest absolute Gasteiger partial charge is 0.456 e. The minimum Gasteiger partial charge on any atom is -0.456 e. The molecule has 7 aromatic carbocycles. The summed E-state index contributed by atoms with van der Waals surface area (Å²) in [6.45, 7) is 30.8. The summed E-state index contributed by atoms with van der Waals surface area (Å²) in [5.74, 6) is 0. The molecule has 0 amide bonds. The zero-order valence-corrected chi connectivity index (χ0v) is 43.3. The molecule has 0 radical (unpaired) electrons. The molecule has 4 aliphatic rings. The molecule has 1 aliphatic carbocycles. The van der Waals surface area contributed by atoms with Crippen molar-refractivity contribution in [2.45, 2.75) is 143 Å². The Labute approximate surface area is 411 Å². The summed E-state index contributed by atoms with van der Waals surface area (Å²) in [4.78, 5) is 8.02. The summed E-state index contributed by atoms with van der Waals surface area (Å²) in [5.41, 5.74) is 23.8.